The van der Waals surface area contributed by atoms with Crippen LogP contribution in [0.15, 0.2) is 4.52 Å². The molecule has 30 heavy (non-hydrogen) atoms. The minimum Gasteiger partial charge on any atom is -0.339 e. The fourth-order valence-corrected chi connectivity index (χ4v) is 4.68. The molecule has 1 saturated heterocycles. The standard InChI is InChI=1S/C21H33FN6O2/c1-13(2)18-26-16(27-30-18)9-21(24)7-6-20(5,19(21,3)4)25-11-17(29)28-12-14(22)8-15(28)10-23/h13-15,25H,6-9,11-12,24H2,1-5H3/t14-,15-,20-,21+/m0/s1. The van der Waals surface area contributed by atoms with Gasteiger partial charge in [0.05, 0.1) is 19.2 Å². The number of carbonyl (C=O) groups excluding carboxylic acids is 1. The number of carbonyl (C=O) groups is 1. The van der Waals surface area contributed by atoms with Crippen LogP contribution in [0.1, 0.15) is 71.5 Å². The summed E-state index contributed by atoms with van der Waals surface area (Å²) < 4.78 is 19.0. The lowest BCUT2D eigenvalue weighted by Crippen LogP contribution is -2.63. The van der Waals surface area contributed by atoms with Crippen LogP contribution >= 0.6 is 0 Å². The van der Waals surface area contributed by atoms with Crippen molar-refractivity contribution in [1.82, 2.24) is 20.4 Å². The zero-order chi connectivity index (χ0) is 22.3. The summed E-state index contributed by atoms with van der Waals surface area (Å²) in [7, 11) is 0. The normalized spacial score (nSPS) is 33.2. The molecule has 3 N–H and O–H groups in total. The average Bonchev–Trinajstić information content (AvgIpc) is 3.34. The van der Waals surface area contributed by atoms with Crippen molar-refractivity contribution in [2.75, 3.05) is 13.1 Å². The smallest absolute Gasteiger partial charge is 0.237 e. The van der Waals surface area contributed by atoms with Gasteiger partial charge in [-0.2, -0.15) is 10.2 Å². The van der Waals surface area contributed by atoms with Crippen LogP contribution in [0, 0.1) is 16.7 Å². The topological polar surface area (TPSA) is 121 Å². The van der Waals surface area contributed by atoms with Crippen LogP contribution in [0.2, 0.25) is 0 Å². The maximum atomic E-state index is 13.7. The third-order valence-electron chi connectivity index (χ3n) is 7.50. The Balaban J connectivity index is 1.68. The number of likely N-dealkylation sites (tertiary alicyclic amines) is 1. The first kappa shape index (κ1) is 22.6. The first-order valence-corrected chi connectivity index (χ1v) is 10.6. The molecule has 1 aromatic rings. The minimum atomic E-state index is -1.14. The van der Waals surface area contributed by atoms with Gasteiger partial charge in [0, 0.05) is 35.3 Å². The number of hydrogen-bond acceptors (Lipinski definition) is 7. The molecular formula is C21H33FN6O2. The van der Waals surface area contributed by atoms with Crippen molar-refractivity contribution in [3.63, 3.8) is 0 Å². The summed E-state index contributed by atoms with van der Waals surface area (Å²) in [5, 5.41) is 16.7. The van der Waals surface area contributed by atoms with Gasteiger partial charge >= 0.3 is 0 Å². The number of alkyl halides is 1. The molecule has 1 amide bonds. The summed E-state index contributed by atoms with van der Waals surface area (Å²) in [5.41, 5.74) is 5.48. The van der Waals surface area contributed by atoms with E-state index in [1.807, 2.05) is 19.9 Å². The summed E-state index contributed by atoms with van der Waals surface area (Å²) in [6.45, 7) is 10.3. The van der Waals surface area contributed by atoms with Gasteiger partial charge in [-0.25, -0.2) is 4.39 Å². The van der Waals surface area contributed by atoms with Crippen LogP contribution in [0.3, 0.4) is 0 Å². The van der Waals surface area contributed by atoms with Gasteiger partial charge in [-0.15, -0.1) is 0 Å². The molecule has 1 aliphatic heterocycles. The zero-order valence-corrected chi connectivity index (χ0v) is 18.5. The lowest BCUT2D eigenvalue weighted by atomic mass is 9.66. The average molecular weight is 421 g/mol. The van der Waals surface area contributed by atoms with E-state index in [1.54, 1.807) is 0 Å². The molecule has 4 atom stereocenters. The highest BCUT2D eigenvalue weighted by Gasteiger charge is 2.59. The highest BCUT2D eigenvalue weighted by molar-refractivity contribution is 5.79. The number of nitrogens with two attached hydrogens (primary N) is 1. The van der Waals surface area contributed by atoms with Crippen molar-refractivity contribution in [1.29, 1.82) is 5.26 Å². The van der Waals surface area contributed by atoms with Crippen molar-refractivity contribution in [2.45, 2.75) is 89.5 Å². The highest BCUT2D eigenvalue weighted by atomic mass is 19.1. The van der Waals surface area contributed by atoms with Crippen molar-refractivity contribution >= 4 is 5.91 Å². The Kier molecular flexibility index (Phi) is 5.95. The van der Waals surface area contributed by atoms with Gasteiger partial charge in [0.1, 0.15) is 12.2 Å². The summed E-state index contributed by atoms with van der Waals surface area (Å²) in [6.07, 6.45) is 0.930. The van der Waals surface area contributed by atoms with Crippen molar-refractivity contribution in [3.8, 4) is 6.07 Å². The zero-order valence-electron chi connectivity index (χ0n) is 18.5. The molecule has 1 saturated carbocycles. The third-order valence-corrected chi connectivity index (χ3v) is 7.50. The number of nitrogens with one attached hydrogen (secondary N) is 1. The second-order valence-electron chi connectivity index (χ2n) is 9.87. The van der Waals surface area contributed by atoms with Crippen LogP contribution in [0.4, 0.5) is 4.39 Å². The largest absolute Gasteiger partial charge is 0.339 e. The molecular weight excluding hydrogens is 387 g/mol. The SMILES string of the molecule is CC(C)c1nc(C[C@]2(N)CC[C@](C)(NCC(=O)N3C[C@@H](F)C[C@H]3C#N)C2(C)C)no1. The molecule has 1 aliphatic carbocycles. The third kappa shape index (κ3) is 3.83. The van der Waals surface area contributed by atoms with E-state index in [0.717, 1.165) is 12.8 Å². The molecule has 166 valence electrons. The first-order valence-electron chi connectivity index (χ1n) is 10.6. The van der Waals surface area contributed by atoms with E-state index in [-0.39, 0.29) is 36.8 Å². The van der Waals surface area contributed by atoms with Crippen LogP contribution in [-0.4, -0.2) is 57.3 Å². The summed E-state index contributed by atoms with van der Waals surface area (Å²) >= 11 is 0. The van der Waals surface area contributed by atoms with Crippen LogP contribution in [-0.2, 0) is 11.2 Å². The first-order chi connectivity index (χ1) is 13.9. The molecule has 0 unspecified atom stereocenters. The minimum absolute atomic E-state index is 0.0182. The van der Waals surface area contributed by atoms with Crippen LogP contribution in [0.5, 0.6) is 0 Å². The van der Waals surface area contributed by atoms with Crippen LogP contribution in [0.25, 0.3) is 0 Å². The summed E-state index contributed by atoms with van der Waals surface area (Å²) in [5.74, 6) is 1.09. The number of nitrogens with zero attached hydrogens (tertiary/aromatic N) is 4. The fraction of sp³-hybridized carbons (Fsp3) is 0.810. The molecule has 0 radical (unpaired) electrons. The Hall–Kier alpha value is -2.05. The number of amides is 1. The molecule has 3 rings (SSSR count). The number of aromatic nitrogens is 2. The van der Waals surface area contributed by atoms with E-state index in [1.165, 1.54) is 4.90 Å². The molecule has 2 fully saturated rings. The van der Waals surface area contributed by atoms with E-state index in [9.17, 15) is 14.4 Å². The van der Waals surface area contributed by atoms with E-state index < -0.39 is 23.3 Å². The quantitative estimate of drug-likeness (QED) is 0.722. The molecule has 8 nitrogen and oxygen atoms in total. The van der Waals surface area contributed by atoms with Gasteiger partial charge in [0.2, 0.25) is 11.8 Å². The molecule has 9 heteroatoms. The van der Waals surface area contributed by atoms with E-state index in [2.05, 4.69) is 36.2 Å². The Morgan fingerprint density at radius 2 is 2.13 bits per heavy atom. The fourth-order valence-electron chi connectivity index (χ4n) is 4.68. The lowest BCUT2D eigenvalue weighted by Gasteiger charge is -2.47. The van der Waals surface area contributed by atoms with E-state index >= 15 is 0 Å². The van der Waals surface area contributed by atoms with Crippen molar-refractivity contribution < 1.29 is 13.7 Å². The van der Waals surface area contributed by atoms with Gasteiger partial charge in [-0.1, -0.05) is 32.9 Å². The van der Waals surface area contributed by atoms with Gasteiger partial charge in [-0.05, 0) is 19.8 Å². The number of rotatable bonds is 6. The lowest BCUT2D eigenvalue weighted by molar-refractivity contribution is -0.131. The van der Waals surface area contributed by atoms with E-state index in [0.29, 0.717) is 18.1 Å². The van der Waals surface area contributed by atoms with Crippen molar-refractivity contribution in [3.05, 3.63) is 11.7 Å². The Labute approximate surface area is 177 Å². The second-order valence-corrected chi connectivity index (χ2v) is 9.87. The maximum Gasteiger partial charge on any atom is 0.237 e. The molecule has 2 aliphatic rings. The Morgan fingerprint density at radius 3 is 2.73 bits per heavy atom. The molecule has 0 aromatic carbocycles. The number of nitriles is 1. The van der Waals surface area contributed by atoms with Gasteiger partial charge in [0.15, 0.2) is 5.82 Å². The summed E-state index contributed by atoms with van der Waals surface area (Å²) in [6, 6.07) is 1.33. The highest BCUT2D eigenvalue weighted by Crippen LogP contribution is 2.52. The van der Waals surface area contributed by atoms with Gasteiger partial charge < -0.3 is 20.5 Å². The summed E-state index contributed by atoms with van der Waals surface area (Å²) in [4.78, 5) is 18.5. The van der Waals surface area contributed by atoms with Gasteiger partial charge in [-0.3, -0.25) is 4.79 Å². The number of halogens is 1. The van der Waals surface area contributed by atoms with Crippen molar-refractivity contribution in [2.24, 2.45) is 11.1 Å². The molecule has 1 aromatic heterocycles. The Bertz CT molecular complexity index is 834. The Morgan fingerprint density at radius 1 is 1.43 bits per heavy atom. The number of hydrogen-bond donors (Lipinski definition) is 2. The molecule has 2 heterocycles. The van der Waals surface area contributed by atoms with E-state index in [4.69, 9.17) is 10.3 Å². The van der Waals surface area contributed by atoms with Crippen LogP contribution < -0.4 is 11.1 Å². The predicted molar refractivity (Wildman–Crippen MR) is 109 cm³/mol. The maximum absolute atomic E-state index is 13.7. The molecule has 0 bridgehead atoms. The monoisotopic (exact) mass is 420 g/mol. The van der Waals surface area contributed by atoms with Gasteiger partial charge in [0.25, 0.3) is 0 Å². The predicted octanol–water partition coefficient (Wildman–Crippen LogP) is 2.06. The second kappa shape index (κ2) is 7.89. The molecule has 0 spiro atoms.